The fourth-order valence-electron chi connectivity index (χ4n) is 2.53. The molecule has 0 unspecified atom stereocenters. The molecule has 0 amide bonds. The first-order chi connectivity index (χ1) is 11.6. The molecule has 25 heavy (non-hydrogen) atoms. The fraction of sp³-hybridized carbons (Fsp3) is 0.765. The molecule has 0 aromatic heterocycles. The average molecular weight is 396 g/mol. The molecule has 6 nitrogen and oxygen atoms in total. The first-order valence-corrected chi connectivity index (χ1v) is 12.3. The highest BCUT2D eigenvalue weighted by Crippen LogP contribution is 2.72. The van der Waals surface area contributed by atoms with Gasteiger partial charge in [0.1, 0.15) is 0 Å². The van der Waals surface area contributed by atoms with E-state index in [0.29, 0.717) is 0 Å². The predicted octanol–water partition coefficient (Wildman–Crippen LogP) is 5.09. The highest BCUT2D eigenvalue weighted by Gasteiger charge is 2.58. The van der Waals surface area contributed by atoms with Gasteiger partial charge in [0.25, 0.3) is 0 Å². The van der Waals surface area contributed by atoms with Gasteiger partial charge < -0.3 is 19.6 Å². The minimum Gasteiger partial charge on any atom is -0.324 e. The van der Waals surface area contributed by atoms with E-state index >= 15 is 0 Å². The monoisotopic (exact) mass is 396 g/mol. The maximum atomic E-state index is 12.0. The topological polar surface area (TPSA) is 115 Å². The molecule has 0 saturated heterocycles. The summed E-state index contributed by atoms with van der Waals surface area (Å²) in [4.78, 5) is 36.4. The molecule has 0 bridgehead atoms. The largest absolute Gasteiger partial charge is 0.344 e. The van der Waals surface area contributed by atoms with Gasteiger partial charge in [-0.3, -0.25) is 9.13 Å². The van der Waals surface area contributed by atoms with Crippen LogP contribution < -0.4 is 0 Å². The van der Waals surface area contributed by atoms with Gasteiger partial charge in [0.15, 0.2) is 4.90 Å². The van der Waals surface area contributed by atoms with E-state index in [9.17, 15) is 28.7 Å². The smallest absolute Gasteiger partial charge is 0.324 e. The van der Waals surface area contributed by atoms with Gasteiger partial charge in [0.05, 0.1) is 0 Å². The molecule has 0 spiro atoms. The summed E-state index contributed by atoms with van der Waals surface area (Å²) in [5.74, 6) is 0. The summed E-state index contributed by atoms with van der Waals surface area (Å²) in [6.07, 6.45) is 13.4. The van der Waals surface area contributed by atoms with Gasteiger partial charge >= 0.3 is 15.2 Å². The molecule has 148 valence electrons. The van der Waals surface area contributed by atoms with Crippen molar-refractivity contribution in [3.05, 3.63) is 24.3 Å². The maximum absolute atomic E-state index is 12.0. The maximum Gasteiger partial charge on any atom is 0.344 e. The molecular formula is C17H34O6P2. The molecule has 0 aromatic rings. The standard InChI is InChI=1S/C17H34O6P2/c1-3-5-7-9-11-13-15-17(24(18,19)20,25(21,22)23)16-14-12-10-8-6-4-2/h11-14H,3-10,15-16H2,1-2H3,(H2,18,19,20)(H2,21,22,23)/b13-11+,14-12+. The Bertz CT molecular complexity index is 457. The van der Waals surface area contributed by atoms with Gasteiger partial charge in [-0.15, -0.1) is 0 Å². The SMILES string of the molecule is CCCCC/C=C/CC(C/C=C/CCCCC)(P(=O)(O)O)P(=O)(O)O. The van der Waals surface area contributed by atoms with Gasteiger partial charge in [-0.25, -0.2) is 0 Å². The van der Waals surface area contributed by atoms with Crippen LogP contribution in [0.2, 0.25) is 0 Å². The second-order valence-electron chi connectivity index (χ2n) is 6.41. The Morgan fingerprint density at radius 2 is 1.04 bits per heavy atom. The van der Waals surface area contributed by atoms with Crippen molar-refractivity contribution in [3.63, 3.8) is 0 Å². The first-order valence-electron chi connectivity index (χ1n) is 9.03. The number of unbranched alkanes of at least 4 members (excludes halogenated alkanes) is 6. The number of rotatable bonds is 14. The molecule has 0 rings (SSSR count). The van der Waals surface area contributed by atoms with Gasteiger partial charge in [-0.2, -0.15) is 0 Å². The van der Waals surface area contributed by atoms with Gasteiger partial charge in [0, 0.05) is 0 Å². The Morgan fingerprint density at radius 3 is 1.32 bits per heavy atom. The van der Waals surface area contributed by atoms with Gasteiger partial charge in [-0.1, -0.05) is 63.8 Å². The van der Waals surface area contributed by atoms with E-state index < -0.39 is 20.1 Å². The lowest BCUT2D eigenvalue weighted by Crippen LogP contribution is -2.28. The quantitative estimate of drug-likeness (QED) is 0.185. The van der Waals surface area contributed by atoms with Crippen molar-refractivity contribution < 1.29 is 28.7 Å². The third-order valence-corrected chi connectivity index (χ3v) is 8.72. The van der Waals surface area contributed by atoms with Crippen LogP contribution in [0.15, 0.2) is 24.3 Å². The lowest BCUT2D eigenvalue weighted by molar-refractivity contribution is 0.307. The molecule has 0 saturated carbocycles. The van der Waals surface area contributed by atoms with Crippen LogP contribution in [0.4, 0.5) is 0 Å². The second kappa shape index (κ2) is 12.2. The molecule has 0 radical (unpaired) electrons. The first kappa shape index (κ1) is 24.8. The lowest BCUT2D eigenvalue weighted by Gasteiger charge is -2.33. The predicted molar refractivity (Wildman–Crippen MR) is 103 cm³/mol. The average Bonchev–Trinajstić information content (AvgIpc) is 2.49. The van der Waals surface area contributed by atoms with E-state index in [-0.39, 0.29) is 12.8 Å². The summed E-state index contributed by atoms with van der Waals surface area (Å²) in [6, 6.07) is 0. The van der Waals surface area contributed by atoms with Crippen molar-refractivity contribution in [2.75, 3.05) is 0 Å². The van der Waals surface area contributed by atoms with Crippen LogP contribution in [0.25, 0.3) is 0 Å². The Morgan fingerprint density at radius 1 is 0.680 bits per heavy atom. The van der Waals surface area contributed by atoms with Crippen molar-refractivity contribution in [1.82, 2.24) is 0 Å². The third kappa shape index (κ3) is 8.81. The molecule has 0 aliphatic rings. The zero-order valence-corrected chi connectivity index (χ0v) is 17.2. The summed E-state index contributed by atoms with van der Waals surface area (Å²) >= 11 is 0. The molecule has 4 N–H and O–H groups in total. The van der Waals surface area contributed by atoms with Crippen molar-refractivity contribution in [2.24, 2.45) is 0 Å². The number of hydrogen-bond donors (Lipinski definition) is 4. The summed E-state index contributed by atoms with van der Waals surface area (Å²) in [7, 11) is -10.0. The summed E-state index contributed by atoms with van der Waals surface area (Å²) in [5.41, 5.74) is 0. The van der Waals surface area contributed by atoms with Crippen LogP contribution in [-0.4, -0.2) is 24.5 Å². The van der Waals surface area contributed by atoms with E-state index in [1.165, 1.54) is 12.2 Å². The minimum atomic E-state index is -5.02. The zero-order chi connectivity index (χ0) is 19.4. The minimum absolute atomic E-state index is 0.340. The molecule has 0 heterocycles. The number of allylic oxidation sites excluding steroid dienone is 4. The van der Waals surface area contributed by atoms with Crippen molar-refractivity contribution in [3.8, 4) is 0 Å². The molecule has 0 aromatic carbocycles. The molecule has 0 atom stereocenters. The molecule has 8 heteroatoms. The molecule has 0 fully saturated rings. The highest BCUT2D eigenvalue weighted by atomic mass is 31.2. The van der Waals surface area contributed by atoms with E-state index in [4.69, 9.17) is 0 Å². The third-order valence-electron chi connectivity index (χ3n) is 4.26. The molecule has 0 aliphatic carbocycles. The van der Waals surface area contributed by atoms with Crippen LogP contribution in [0.3, 0.4) is 0 Å². The van der Waals surface area contributed by atoms with Crippen LogP contribution in [0.1, 0.15) is 78.1 Å². The Kier molecular flexibility index (Phi) is 12.1. The Labute approximate surface area is 151 Å². The van der Waals surface area contributed by atoms with Crippen LogP contribution in [0.5, 0.6) is 0 Å². The summed E-state index contributed by atoms with van der Waals surface area (Å²) in [6.45, 7) is 4.15. The Balaban J connectivity index is 5.15. The van der Waals surface area contributed by atoms with Crippen molar-refractivity contribution >= 4 is 15.2 Å². The van der Waals surface area contributed by atoms with E-state index in [0.717, 1.165) is 51.4 Å². The normalized spacial score (nSPS) is 14.0. The van der Waals surface area contributed by atoms with Crippen LogP contribution in [-0.2, 0) is 9.13 Å². The zero-order valence-electron chi connectivity index (χ0n) is 15.4. The highest BCUT2D eigenvalue weighted by molar-refractivity contribution is 7.72. The molecular weight excluding hydrogens is 362 g/mol. The lowest BCUT2D eigenvalue weighted by atomic mass is 10.1. The second-order valence-corrected chi connectivity index (χ2v) is 10.7. The summed E-state index contributed by atoms with van der Waals surface area (Å²) in [5, 5.41) is 0. The van der Waals surface area contributed by atoms with Gasteiger partial charge in [0.2, 0.25) is 0 Å². The summed E-state index contributed by atoms with van der Waals surface area (Å²) < 4.78 is 23.9. The fourth-order valence-corrected chi connectivity index (χ4v) is 5.26. The van der Waals surface area contributed by atoms with Crippen LogP contribution >= 0.6 is 15.2 Å². The Hall–Kier alpha value is -0.220. The van der Waals surface area contributed by atoms with Crippen molar-refractivity contribution in [2.45, 2.75) is 83.0 Å². The van der Waals surface area contributed by atoms with E-state index in [2.05, 4.69) is 13.8 Å². The molecule has 0 aliphatic heterocycles. The van der Waals surface area contributed by atoms with Crippen molar-refractivity contribution in [1.29, 1.82) is 0 Å². The van der Waals surface area contributed by atoms with Crippen LogP contribution in [0, 0.1) is 0 Å². The van der Waals surface area contributed by atoms with Gasteiger partial charge in [-0.05, 0) is 38.5 Å². The van der Waals surface area contributed by atoms with E-state index in [1.54, 1.807) is 12.2 Å². The van der Waals surface area contributed by atoms with E-state index in [1.807, 2.05) is 0 Å². The number of hydrogen-bond acceptors (Lipinski definition) is 2.